The highest BCUT2D eigenvalue weighted by Crippen LogP contribution is 2.23. The number of alkyl halides is 1. The highest BCUT2D eigenvalue weighted by molar-refractivity contribution is 14.1. The summed E-state index contributed by atoms with van der Waals surface area (Å²) in [6.07, 6.45) is -0.0877. The Morgan fingerprint density at radius 1 is 1.16 bits per heavy atom. The Balaban J connectivity index is 2.04. The van der Waals surface area contributed by atoms with Crippen LogP contribution in [0.1, 0.15) is 17.2 Å². The summed E-state index contributed by atoms with van der Waals surface area (Å²) in [5.41, 5.74) is 1.98. The van der Waals surface area contributed by atoms with E-state index in [-0.39, 0.29) is 11.9 Å². The summed E-state index contributed by atoms with van der Waals surface area (Å²) < 4.78 is 20.9. The minimum absolute atomic E-state index is 0.0877. The molecule has 0 saturated carbocycles. The average molecular weight is 435 g/mol. The first-order valence-corrected chi connectivity index (χ1v) is 8.18. The van der Waals surface area contributed by atoms with E-state index in [1.54, 1.807) is 6.07 Å². The van der Waals surface area contributed by atoms with E-state index < -0.39 is 0 Å². The van der Waals surface area contributed by atoms with E-state index in [9.17, 15) is 4.39 Å². The highest BCUT2D eigenvalue weighted by Gasteiger charge is 2.11. The molecule has 0 saturated heterocycles. The molecule has 100 valence electrons. The van der Waals surface area contributed by atoms with Crippen molar-refractivity contribution in [1.82, 2.24) is 0 Å². The predicted octanol–water partition coefficient (Wildman–Crippen LogP) is 5.28. The van der Waals surface area contributed by atoms with Gasteiger partial charge in [-0.05, 0) is 35.4 Å². The summed E-state index contributed by atoms with van der Waals surface area (Å²) in [6.45, 7) is 0.517. The zero-order valence-electron chi connectivity index (χ0n) is 10.2. The van der Waals surface area contributed by atoms with Gasteiger partial charge in [-0.3, -0.25) is 0 Å². The lowest BCUT2D eigenvalue weighted by Gasteiger charge is -2.16. The lowest BCUT2D eigenvalue weighted by molar-refractivity contribution is 0.0575. The van der Waals surface area contributed by atoms with Gasteiger partial charge in [-0.25, -0.2) is 4.39 Å². The van der Waals surface area contributed by atoms with Gasteiger partial charge in [0.25, 0.3) is 0 Å². The lowest BCUT2D eigenvalue weighted by Crippen LogP contribution is -2.06. The second-order valence-electron chi connectivity index (χ2n) is 4.14. The fourth-order valence-electron chi connectivity index (χ4n) is 1.76. The first-order chi connectivity index (χ1) is 9.19. The van der Waals surface area contributed by atoms with E-state index in [1.807, 2.05) is 30.3 Å². The minimum Gasteiger partial charge on any atom is -0.368 e. The maximum Gasteiger partial charge on any atom is 0.123 e. The van der Waals surface area contributed by atoms with Gasteiger partial charge in [0.1, 0.15) is 5.82 Å². The van der Waals surface area contributed by atoms with E-state index in [4.69, 9.17) is 4.74 Å². The van der Waals surface area contributed by atoms with Crippen LogP contribution in [0.15, 0.2) is 53.0 Å². The Bertz CT molecular complexity index is 547. The summed E-state index contributed by atoms with van der Waals surface area (Å²) in [4.78, 5) is 0. The maximum atomic E-state index is 13.2. The molecule has 2 rings (SSSR count). The molecule has 0 radical (unpaired) electrons. The normalized spacial score (nSPS) is 12.4. The molecule has 0 aromatic heterocycles. The van der Waals surface area contributed by atoms with Crippen molar-refractivity contribution in [1.29, 1.82) is 0 Å². The Morgan fingerprint density at radius 3 is 2.63 bits per heavy atom. The number of hydrogen-bond acceptors (Lipinski definition) is 1. The Hall–Kier alpha value is -0.460. The number of benzene rings is 2. The van der Waals surface area contributed by atoms with Gasteiger partial charge in [0.15, 0.2) is 0 Å². The zero-order valence-corrected chi connectivity index (χ0v) is 13.9. The molecule has 1 unspecified atom stereocenters. The van der Waals surface area contributed by atoms with Crippen LogP contribution in [0, 0.1) is 5.82 Å². The minimum atomic E-state index is -0.224. The van der Waals surface area contributed by atoms with Crippen molar-refractivity contribution in [3.63, 3.8) is 0 Å². The van der Waals surface area contributed by atoms with Crippen LogP contribution in [0.3, 0.4) is 0 Å². The quantitative estimate of drug-likeness (QED) is 0.459. The molecule has 0 spiro atoms. The van der Waals surface area contributed by atoms with E-state index in [0.717, 1.165) is 20.0 Å². The third-order valence-electron chi connectivity index (χ3n) is 2.70. The topological polar surface area (TPSA) is 9.23 Å². The van der Waals surface area contributed by atoms with Crippen LogP contribution < -0.4 is 0 Å². The number of halogens is 3. The summed E-state index contributed by atoms with van der Waals surface area (Å²) in [7, 11) is 0. The van der Waals surface area contributed by atoms with E-state index in [0.29, 0.717) is 6.61 Å². The molecule has 19 heavy (non-hydrogen) atoms. The number of hydrogen-bond donors (Lipinski definition) is 0. The van der Waals surface area contributed by atoms with Crippen LogP contribution in [-0.4, -0.2) is 4.43 Å². The lowest BCUT2D eigenvalue weighted by atomic mass is 10.1. The van der Waals surface area contributed by atoms with Crippen molar-refractivity contribution in [3.8, 4) is 0 Å². The molecule has 0 fully saturated rings. The second-order valence-corrected chi connectivity index (χ2v) is 5.94. The van der Waals surface area contributed by atoms with Crippen LogP contribution in [0.5, 0.6) is 0 Å². The molecule has 4 heteroatoms. The largest absolute Gasteiger partial charge is 0.368 e. The molecule has 0 heterocycles. The van der Waals surface area contributed by atoms with Crippen molar-refractivity contribution in [2.45, 2.75) is 12.7 Å². The molecule has 0 N–H and O–H groups in total. The van der Waals surface area contributed by atoms with Crippen LogP contribution >= 0.6 is 38.5 Å². The van der Waals surface area contributed by atoms with Crippen molar-refractivity contribution in [2.75, 3.05) is 4.43 Å². The van der Waals surface area contributed by atoms with Crippen molar-refractivity contribution in [2.24, 2.45) is 0 Å². The Kier molecular flexibility index (Phi) is 5.78. The van der Waals surface area contributed by atoms with Gasteiger partial charge in [-0.2, -0.15) is 0 Å². The molecule has 1 nitrogen and oxygen atoms in total. The first-order valence-electron chi connectivity index (χ1n) is 5.86. The predicted molar refractivity (Wildman–Crippen MR) is 87.0 cm³/mol. The van der Waals surface area contributed by atoms with Crippen molar-refractivity contribution < 1.29 is 9.13 Å². The Labute approximate surface area is 134 Å². The molecule has 2 aromatic rings. The van der Waals surface area contributed by atoms with Crippen LogP contribution in [0.2, 0.25) is 0 Å². The standard InChI is InChI=1S/C15H13BrFIO/c16-13-5-1-3-11(7-13)10-19-15(9-18)12-4-2-6-14(17)8-12/h1-8,15H,9-10H2. The maximum absolute atomic E-state index is 13.2. The van der Waals surface area contributed by atoms with Gasteiger partial charge in [-0.15, -0.1) is 0 Å². The number of rotatable bonds is 5. The summed E-state index contributed by atoms with van der Waals surface area (Å²) in [6, 6.07) is 14.6. The average Bonchev–Trinajstić information content (AvgIpc) is 2.40. The second kappa shape index (κ2) is 7.36. The monoisotopic (exact) mass is 434 g/mol. The van der Waals surface area contributed by atoms with Crippen LogP contribution in [0.4, 0.5) is 4.39 Å². The first kappa shape index (κ1) is 14.9. The Morgan fingerprint density at radius 2 is 1.95 bits per heavy atom. The van der Waals surface area contributed by atoms with E-state index in [1.165, 1.54) is 12.1 Å². The van der Waals surface area contributed by atoms with Crippen molar-refractivity contribution in [3.05, 3.63) is 69.9 Å². The van der Waals surface area contributed by atoms with Gasteiger partial charge in [-0.1, -0.05) is 62.8 Å². The summed E-state index contributed by atoms with van der Waals surface area (Å²) >= 11 is 5.69. The van der Waals surface area contributed by atoms with Gasteiger partial charge >= 0.3 is 0 Å². The van der Waals surface area contributed by atoms with Crippen LogP contribution in [0.25, 0.3) is 0 Å². The third-order valence-corrected chi connectivity index (χ3v) is 3.99. The molecule has 2 aromatic carbocycles. The smallest absolute Gasteiger partial charge is 0.123 e. The molecule has 0 bridgehead atoms. The zero-order chi connectivity index (χ0) is 13.7. The third kappa shape index (κ3) is 4.54. The fourth-order valence-corrected chi connectivity index (χ4v) is 2.97. The van der Waals surface area contributed by atoms with Gasteiger partial charge in [0, 0.05) is 8.90 Å². The van der Waals surface area contributed by atoms with Gasteiger partial charge in [0.05, 0.1) is 12.7 Å². The van der Waals surface area contributed by atoms with Crippen LogP contribution in [-0.2, 0) is 11.3 Å². The summed E-state index contributed by atoms with van der Waals surface area (Å²) in [5.74, 6) is -0.224. The van der Waals surface area contributed by atoms with E-state index >= 15 is 0 Å². The van der Waals surface area contributed by atoms with Gasteiger partial charge < -0.3 is 4.74 Å². The molecule has 0 aliphatic carbocycles. The number of ether oxygens (including phenoxy) is 1. The van der Waals surface area contributed by atoms with E-state index in [2.05, 4.69) is 38.5 Å². The molecule has 0 aliphatic rings. The van der Waals surface area contributed by atoms with Gasteiger partial charge in [0.2, 0.25) is 0 Å². The molecule has 0 amide bonds. The van der Waals surface area contributed by atoms with Crippen molar-refractivity contribution >= 4 is 38.5 Å². The molecule has 1 atom stereocenters. The summed E-state index contributed by atoms with van der Waals surface area (Å²) in [5, 5.41) is 0. The SMILES string of the molecule is Fc1cccc(C(CI)OCc2cccc(Br)c2)c1. The highest BCUT2D eigenvalue weighted by atomic mass is 127. The molecular weight excluding hydrogens is 422 g/mol. The molecular formula is C15H13BrFIO. The fraction of sp³-hybridized carbons (Fsp3) is 0.200. The molecule has 0 aliphatic heterocycles.